The number of primary amides is 1. The van der Waals surface area contributed by atoms with Crippen molar-refractivity contribution in [3.05, 3.63) is 17.5 Å². The number of amides is 1. The Morgan fingerprint density at radius 1 is 1.71 bits per heavy atom. The minimum atomic E-state index is -0.443. The van der Waals surface area contributed by atoms with Gasteiger partial charge in [-0.3, -0.25) is 9.48 Å². The zero-order valence-electron chi connectivity index (χ0n) is 10.6. The monoisotopic (exact) mass is 240 g/mol. The number of nitrogens with two attached hydrogens (primary N) is 1. The molecule has 1 aromatic heterocycles. The summed E-state index contributed by atoms with van der Waals surface area (Å²) in [6, 6.07) is 0.209. The number of rotatable bonds is 7. The first kappa shape index (κ1) is 13.7. The molecule has 0 spiro atoms. The van der Waals surface area contributed by atoms with E-state index in [4.69, 9.17) is 10.5 Å². The summed E-state index contributed by atoms with van der Waals surface area (Å²) in [5.74, 6) is -0.443. The minimum absolute atomic E-state index is 0.0258. The Morgan fingerprint density at radius 2 is 2.41 bits per heavy atom. The molecule has 0 aliphatic heterocycles. The average molecular weight is 240 g/mol. The Hall–Kier alpha value is -1.40. The summed E-state index contributed by atoms with van der Waals surface area (Å²) >= 11 is 0. The van der Waals surface area contributed by atoms with Crippen molar-refractivity contribution in [1.29, 1.82) is 0 Å². The van der Waals surface area contributed by atoms with Crippen LogP contribution < -0.4 is 11.1 Å². The van der Waals surface area contributed by atoms with Crippen LogP contribution in [-0.2, 0) is 16.6 Å². The van der Waals surface area contributed by atoms with Crippen molar-refractivity contribution in [2.45, 2.75) is 19.9 Å². The third-order valence-corrected chi connectivity index (χ3v) is 2.46. The number of carbonyl (C=O) groups is 1. The SMILES string of the molecule is Cc1nn(C)cc1C(C)NCCOCC(N)=O. The molecule has 0 aromatic carbocycles. The summed E-state index contributed by atoms with van der Waals surface area (Å²) < 4.78 is 6.86. The van der Waals surface area contributed by atoms with Crippen LogP contribution in [-0.4, -0.2) is 35.4 Å². The lowest BCUT2D eigenvalue weighted by molar-refractivity contribution is -0.122. The molecule has 0 aliphatic rings. The maximum atomic E-state index is 10.4. The van der Waals surface area contributed by atoms with Gasteiger partial charge in [0.1, 0.15) is 6.61 Å². The molecular weight excluding hydrogens is 220 g/mol. The molecule has 0 saturated carbocycles. The fourth-order valence-electron chi connectivity index (χ4n) is 1.67. The highest BCUT2D eigenvalue weighted by Crippen LogP contribution is 2.14. The standard InChI is InChI=1S/C11H20N4O2/c1-8(10-6-15(3)14-9(10)2)13-4-5-17-7-11(12)16/h6,8,13H,4-5,7H2,1-3H3,(H2,12,16). The topological polar surface area (TPSA) is 82.2 Å². The summed E-state index contributed by atoms with van der Waals surface area (Å²) in [4.78, 5) is 10.4. The van der Waals surface area contributed by atoms with E-state index < -0.39 is 5.91 Å². The van der Waals surface area contributed by atoms with E-state index in [-0.39, 0.29) is 12.6 Å². The largest absolute Gasteiger partial charge is 0.370 e. The first-order valence-electron chi connectivity index (χ1n) is 5.60. The van der Waals surface area contributed by atoms with Gasteiger partial charge in [0.25, 0.3) is 0 Å². The van der Waals surface area contributed by atoms with Crippen molar-refractivity contribution in [1.82, 2.24) is 15.1 Å². The molecule has 17 heavy (non-hydrogen) atoms. The first-order chi connectivity index (χ1) is 8.00. The molecule has 3 N–H and O–H groups in total. The predicted molar refractivity (Wildman–Crippen MR) is 64.4 cm³/mol. The molecule has 0 aliphatic carbocycles. The smallest absolute Gasteiger partial charge is 0.243 e. The second kappa shape index (κ2) is 6.36. The maximum absolute atomic E-state index is 10.4. The Labute approximate surface area is 101 Å². The Morgan fingerprint density at radius 3 is 2.94 bits per heavy atom. The Bertz CT molecular complexity index is 376. The highest BCUT2D eigenvalue weighted by Gasteiger charge is 2.10. The quantitative estimate of drug-likeness (QED) is 0.651. The molecule has 1 aromatic rings. The molecule has 1 unspecified atom stereocenters. The number of aryl methyl sites for hydroxylation is 2. The van der Waals surface area contributed by atoms with Crippen molar-refractivity contribution in [3.63, 3.8) is 0 Å². The van der Waals surface area contributed by atoms with Gasteiger partial charge in [0.15, 0.2) is 0 Å². The van der Waals surface area contributed by atoms with Gasteiger partial charge in [-0.25, -0.2) is 0 Å². The normalized spacial score (nSPS) is 12.6. The van der Waals surface area contributed by atoms with E-state index in [1.54, 1.807) is 4.68 Å². The number of aromatic nitrogens is 2. The molecule has 0 fully saturated rings. The minimum Gasteiger partial charge on any atom is -0.370 e. The predicted octanol–water partition coefficient (Wildman–Crippen LogP) is -0.119. The van der Waals surface area contributed by atoms with Crippen LogP contribution in [0.3, 0.4) is 0 Å². The number of hydrogen-bond acceptors (Lipinski definition) is 4. The van der Waals surface area contributed by atoms with Crippen LogP contribution in [0.15, 0.2) is 6.20 Å². The van der Waals surface area contributed by atoms with E-state index in [9.17, 15) is 4.79 Å². The Balaban J connectivity index is 2.28. The lowest BCUT2D eigenvalue weighted by Crippen LogP contribution is -2.26. The zero-order chi connectivity index (χ0) is 12.8. The molecule has 1 amide bonds. The van der Waals surface area contributed by atoms with E-state index in [1.165, 1.54) is 5.56 Å². The summed E-state index contributed by atoms with van der Waals surface area (Å²) in [6.07, 6.45) is 2.00. The van der Waals surface area contributed by atoms with Gasteiger partial charge in [-0.05, 0) is 13.8 Å². The van der Waals surface area contributed by atoms with Gasteiger partial charge in [0, 0.05) is 31.4 Å². The second-order valence-corrected chi connectivity index (χ2v) is 4.04. The lowest BCUT2D eigenvalue weighted by atomic mass is 10.1. The molecule has 1 heterocycles. The van der Waals surface area contributed by atoms with Gasteiger partial charge in [-0.2, -0.15) is 5.10 Å². The number of ether oxygens (including phenoxy) is 1. The van der Waals surface area contributed by atoms with E-state index in [2.05, 4.69) is 17.3 Å². The maximum Gasteiger partial charge on any atom is 0.243 e. The van der Waals surface area contributed by atoms with E-state index in [0.717, 1.165) is 5.69 Å². The molecular formula is C11H20N4O2. The Kier molecular flexibility index (Phi) is 5.11. The third kappa shape index (κ3) is 4.54. The molecule has 0 bridgehead atoms. The number of hydrogen-bond donors (Lipinski definition) is 2. The average Bonchev–Trinajstić information content (AvgIpc) is 2.56. The molecule has 1 rings (SSSR count). The van der Waals surface area contributed by atoms with Crippen LogP contribution >= 0.6 is 0 Å². The van der Waals surface area contributed by atoms with Gasteiger partial charge < -0.3 is 15.8 Å². The highest BCUT2D eigenvalue weighted by molar-refractivity contribution is 5.74. The van der Waals surface area contributed by atoms with E-state index in [1.807, 2.05) is 20.2 Å². The van der Waals surface area contributed by atoms with Crippen molar-refractivity contribution < 1.29 is 9.53 Å². The van der Waals surface area contributed by atoms with Crippen molar-refractivity contribution in [2.75, 3.05) is 19.8 Å². The van der Waals surface area contributed by atoms with E-state index in [0.29, 0.717) is 13.2 Å². The van der Waals surface area contributed by atoms with Gasteiger partial charge in [-0.1, -0.05) is 0 Å². The lowest BCUT2D eigenvalue weighted by Gasteiger charge is -2.12. The van der Waals surface area contributed by atoms with Crippen molar-refractivity contribution >= 4 is 5.91 Å². The first-order valence-corrected chi connectivity index (χ1v) is 5.60. The fourth-order valence-corrected chi connectivity index (χ4v) is 1.67. The van der Waals surface area contributed by atoms with Gasteiger partial charge in [0.05, 0.1) is 12.3 Å². The second-order valence-electron chi connectivity index (χ2n) is 4.04. The highest BCUT2D eigenvalue weighted by atomic mass is 16.5. The van der Waals surface area contributed by atoms with Crippen LogP contribution in [0.5, 0.6) is 0 Å². The molecule has 0 saturated heterocycles. The number of carbonyl (C=O) groups excluding carboxylic acids is 1. The molecule has 0 radical (unpaired) electrons. The van der Waals surface area contributed by atoms with Crippen LogP contribution in [0.2, 0.25) is 0 Å². The van der Waals surface area contributed by atoms with Crippen LogP contribution in [0.1, 0.15) is 24.2 Å². The number of nitrogens with one attached hydrogen (secondary N) is 1. The summed E-state index contributed by atoms with van der Waals surface area (Å²) in [7, 11) is 1.90. The number of nitrogens with zero attached hydrogens (tertiary/aromatic N) is 2. The molecule has 6 heteroatoms. The molecule has 6 nitrogen and oxygen atoms in total. The van der Waals surface area contributed by atoms with Gasteiger partial charge in [0.2, 0.25) is 5.91 Å². The van der Waals surface area contributed by atoms with Crippen LogP contribution in [0, 0.1) is 6.92 Å². The van der Waals surface area contributed by atoms with E-state index >= 15 is 0 Å². The summed E-state index contributed by atoms with van der Waals surface area (Å²) in [6.45, 7) is 5.16. The summed E-state index contributed by atoms with van der Waals surface area (Å²) in [5, 5.41) is 7.58. The zero-order valence-corrected chi connectivity index (χ0v) is 10.6. The van der Waals surface area contributed by atoms with Crippen molar-refractivity contribution in [2.24, 2.45) is 12.8 Å². The third-order valence-electron chi connectivity index (χ3n) is 2.46. The summed E-state index contributed by atoms with van der Waals surface area (Å²) in [5.41, 5.74) is 7.14. The van der Waals surface area contributed by atoms with Gasteiger partial charge >= 0.3 is 0 Å². The van der Waals surface area contributed by atoms with Crippen molar-refractivity contribution in [3.8, 4) is 0 Å². The van der Waals surface area contributed by atoms with Crippen LogP contribution in [0.25, 0.3) is 0 Å². The fraction of sp³-hybridized carbons (Fsp3) is 0.636. The van der Waals surface area contributed by atoms with Crippen LogP contribution in [0.4, 0.5) is 0 Å². The molecule has 96 valence electrons. The molecule has 1 atom stereocenters. The van der Waals surface area contributed by atoms with Gasteiger partial charge in [-0.15, -0.1) is 0 Å².